The Morgan fingerprint density at radius 2 is 1.75 bits per heavy atom. The molecule has 0 amide bonds. The number of likely N-dealkylation sites (N-methyl/N-ethyl adjacent to an activating group) is 1. The van der Waals surface area contributed by atoms with Gasteiger partial charge in [0.05, 0.1) is 0 Å². The lowest BCUT2D eigenvalue weighted by Gasteiger charge is -2.49. The Morgan fingerprint density at radius 3 is 2.25 bits per heavy atom. The monoisotopic (exact) mass is 278 g/mol. The molecule has 0 spiro atoms. The van der Waals surface area contributed by atoms with Gasteiger partial charge in [0.2, 0.25) is 0 Å². The Bertz CT molecular complexity index is 330. The zero-order chi connectivity index (χ0) is 14.3. The van der Waals surface area contributed by atoms with E-state index < -0.39 is 0 Å². The molecule has 2 heteroatoms. The van der Waals surface area contributed by atoms with Crippen molar-refractivity contribution in [3.05, 3.63) is 0 Å². The summed E-state index contributed by atoms with van der Waals surface area (Å²) in [5.41, 5.74) is 6.56. The van der Waals surface area contributed by atoms with Crippen molar-refractivity contribution in [3.8, 4) is 0 Å². The minimum Gasteiger partial charge on any atom is -0.329 e. The van der Waals surface area contributed by atoms with Crippen LogP contribution in [0, 0.1) is 29.6 Å². The largest absolute Gasteiger partial charge is 0.329 e. The van der Waals surface area contributed by atoms with E-state index in [9.17, 15) is 0 Å². The molecule has 2 bridgehead atoms. The van der Waals surface area contributed by atoms with E-state index >= 15 is 0 Å². The molecule has 3 rings (SSSR count). The van der Waals surface area contributed by atoms with Gasteiger partial charge in [-0.25, -0.2) is 0 Å². The van der Waals surface area contributed by atoms with Gasteiger partial charge in [0.25, 0.3) is 0 Å². The Labute approximate surface area is 125 Å². The molecule has 0 aliphatic heterocycles. The van der Waals surface area contributed by atoms with E-state index in [0.29, 0.717) is 5.54 Å². The molecule has 5 unspecified atom stereocenters. The fourth-order valence-electron chi connectivity index (χ4n) is 6.01. The SMILES string of the molecule is CC1CC(C)CC(CN)(N(C)CC2CC3CCC2C3)C1. The summed E-state index contributed by atoms with van der Waals surface area (Å²) in [6, 6.07) is 0. The molecule has 0 heterocycles. The second kappa shape index (κ2) is 5.61. The third-order valence-corrected chi connectivity index (χ3v) is 6.84. The highest BCUT2D eigenvalue weighted by Gasteiger charge is 2.44. The van der Waals surface area contributed by atoms with Crippen LogP contribution in [-0.4, -0.2) is 30.6 Å². The van der Waals surface area contributed by atoms with E-state index in [-0.39, 0.29) is 0 Å². The van der Waals surface area contributed by atoms with Gasteiger partial charge in [-0.3, -0.25) is 4.90 Å². The summed E-state index contributed by atoms with van der Waals surface area (Å²) in [5.74, 6) is 4.75. The summed E-state index contributed by atoms with van der Waals surface area (Å²) in [6.45, 7) is 6.99. The number of hydrogen-bond donors (Lipinski definition) is 1. The highest BCUT2D eigenvalue weighted by molar-refractivity contribution is 4.99. The zero-order valence-corrected chi connectivity index (χ0v) is 13.8. The molecular weight excluding hydrogens is 244 g/mol. The highest BCUT2D eigenvalue weighted by atomic mass is 15.2. The summed E-state index contributed by atoms with van der Waals surface area (Å²) in [6.07, 6.45) is 10.1. The first-order valence-corrected chi connectivity index (χ1v) is 8.93. The molecule has 0 aromatic carbocycles. The quantitative estimate of drug-likeness (QED) is 0.852. The van der Waals surface area contributed by atoms with E-state index in [0.717, 1.165) is 36.1 Å². The molecule has 2 N–H and O–H groups in total. The second-order valence-electron chi connectivity index (χ2n) is 8.60. The number of nitrogens with zero attached hydrogens (tertiary/aromatic N) is 1. The second-order valence-corrected chi connectivity index (χ2v) is 8.60. The zero-order valence-electron chi connectivity index (χ0n) is 13.8. The molecule has 2 nitrogen and oxygen atoms in total. The molecular formula is C18H34N2. The fraction of sp³-hybridized carbons (Fsp3) is 1.00. The van der Waals surface area contributed by atoms with Crippen molar-refractivity contribution in [2.75, 3.05) is 20.1 Å². The lowest BCUT2D eigenvalue weighted by atomic mass is 9.70. The Balaban J connectivity index is 1.65. The highest BCUT2D eigenvalue weighted by Crippen LogP contribution is 2.49. The minimum atomic E-state index is 0.291. The van der Waals surface area contributed by atoms with E-state index in [1.54, 1.807) is 0 Å². The van der Waals surface area contributed by atoms with Crippen LogP contribution in [0.25, 0.3) is 0 Å². The molecule has 116 valence electrons. The van der Waals surface area contributed by atoms with Crippen LogP contribution < -0.4 is 5.73 Å². The van der Waals surface area contributed by atoms with Crippen LogP contribution in [0.2, 0.25) is 0 Å². The maximum absolute atomic E-state index is 6.27. The van der Waals surface area contributed by atoms with Gasteiger partial charge >= 0.3 is 0 Å². The van der Waals surface area contributed by atoms with Crippen molar-refractivity contribution in [3.63, 3.8) is 0 Å². The predicted molar refractivity (Wildman–Crippen MR) is 85.5 cm³/mol. The van der Waals surface area contributed by atoms with Gasteiger partial charge in [-0.1, -0.05) is 20.3 Å². The van der Waals surface area contributed by atoms with E-state index in [4.69, 9.17) is 5.73 Å². The third kappa shape index (κ3) is 2.66. The molecule has 0 aromatic rings. The van der Waals surface area contributed by atoms with Crippen LogP contribution in [0.1, 0.15) is 58.8 Å². The van der Waals surface area contributed by atoms with Gasteiger partial charge in [0, 0.05) is 18.6 Å². The van der Waals surface area contributed by atoms with Gasteiger partial charge in [-0.05, 0) is 75.2 Å². The number of nitrogens with two attached hydrogens (primary N) is 1. The minimum absolute atomic E-state index is 0.291. The molecule has 3 aliphatic carbocycles. The smallest absolute Gasteiger partial charge is 0.0333 e. The van der Waals surface area contributed by atoms with Crippen molar-refractivity contribution in [1.29, 1.82) is 0 Å². The van der Waals surface area contributed by atoms with Crippen molar-refractivity contribution in [2.24, 2.45) is 35.3 Å². The lowest BCUT2D eigenvalue weighted by Crippen LogP contribution is -2.57. The molecule has 0 radical (unpaired) electrons. The van der Waals surface area contributed by atoms with Crippen molar-refractivity contribution in [2.45, 2.75) is 64.3 Å². The topological polar surface area (TPSA) is 29.3 Å². The predicted octanol–water partition coefficient (Wildman–Crippen LogP) is 3.51. The summed E-state index contributed by atoms with van der Waals surface area (Å²) < 4.78 is 0. The molecule has 3 fully saturated rings. The first kappa shape index (κ1) is 14.8. The Kier molecular flexibility index (Phi) is 4.16. The van der Waals surface area contributed by atoms with Gasteiger partial charge in [0.1, 0.15) is 0 Å². The molecule has 3 aliphatic rings. The van der Waals surface area contributed by atoms with Crippen LogP contribution in [0.15, 0.2) is 0 Å². The summed E-state index contributed by atoms with van der Waals surface area (Å²) in [4.78, 5) is 2.69. The van der Waals surface area contributed by atoms with Crippen LogP contribution >= 0.6 is 0 Å². The average molecular weight is 278 g/mol. The van der Waals surface area contributed by atoms with Crippen LogP contribution in [0.4, 0.5) is 0 Å². The van der Waals surface area contributed by atoms with Crippen LogP contribution in [0.5, 0.6) is 0 Å². The third-order valence-electron chi connectivity index (χ3n) is 6.84. The van der Waals surface area contributed by atoms with Gasteiger partial charge < -0.3 is 5.73 Å². The van der Waals surface area contributed by atoms with Gasteiger partial charge in [-0.15, -0.1) is 0 Å². The van der Waals surface area contributed by atoms with Crippen LogP contribution in [-0.2, 0) is 0 Å². The lowest BCUT2D eigenvalue weighted by molar-refractivity contribution is 0.0221. The first-order chi connectivity index (χ1) is 9.52. The molecule has 0 saturated heterocycles. The fourth-order valence-corrected chi connectivity index (χ4v) is 6.01. The molecule has 20 heavy (non-hydrogen) atoms. The van der Waals surface area contributed by atoms with E-state index in [2.05, 4.69) is 25.8 Å². The number of hydrogen-bond acceptors (Lipinski definition) is 2. The number of rotatable bonds is 4. The Morgan fingerprint density at radius 1 is 1.05 bits per heavy atom. The van der Waals surface area contributed by atoms with E-state index in [1.807, 2.05) is 0 Å². The van der Waals surface area contributed by atoms with Crippen LogP contribution in [0.3, 0.4) is 0 Å². The van der Waals surface area contributed by atoms with Gasteiger partial charge in [0.15, 0.2) is 0 Å². The molecule has 0 aromatic heterocycles. The normalized spacial score (nSPS) is 48.1. The van der Waals surface area contributed by atoms with Gasteiger partial charge in [-0.2, -0.15) is 0 Å². The standard InChI is InChI=1S/C18H34N2/c1-13-6-14(2)10-18(9-13,12-19)20(3)11-17-8-15-4-5-16(17)7-15/h13-17H,4-12,19H2,1-3H3. The summed E-state index contributed by atoms with van der Waals surface area (Å²) in [7, 11) is 2.36. The summed E-state index contributed by atoms with van der Waals surface area (Å²) in [5, 5.41) is 0. The first-order valence-electron chi connectivity index (χ1n) is 8.93. The maximum Gasteiger partial charge on any atom is 0.0333 e. The maximum atomic E-state index is 6.27. The number of fused-ring (bicyclic) bond motifs is 2. The van der Waals surface area contributed by atoms with E-state index in [1.165, 1.54) is 51.5 Å². The van der Waals surface area contributed by atoms with Crippen molar-refractivity contribution < 1.29 is 0 Å². The average Bonchev–Trinajstić information content (AvgIpc) is 2.99. The molecule has 3 saturated carbocycles. The molecule has 5 atom stereocenters. The van der Waals surface area contributed by atoms with Crippen molar-refractivity contribution in [1.82, 2.24) is 4.90 Å². The Hall–Kier alpha value is -0.0800. The summed E-state index contributed by atoms with van der Waals surface area (Å²) >= 11 is 0. The van der Waals surface area contributed by atoms with Crippen molar-refractivity contribution >= 4 is 0 Å².